The van der Waals surface area contributed by atoms with Gasteiger partial charge in [0.1, 0.15) is 11.6 Å². The van der Waals surface area contributed by atoms with E-state index in [-0.39, 0.29) is 11.5 Å². The second-order valence-electron chi connectivity index (χ2n) is 5.52. The second-order valence-corrected chi connectivity index (χ2v) is 6.39. The van der Waals surface area contributed by atoms with E-state index < -0.39 is 11.6 Å². The number of thioether (sulfide) groups is 1. The van der Waals surface area contributed by atoms with E-state index in [1.165, 1.54) is 30.0 Å². The molecule has 21 heavy (non-hydrogen) atoms. The lowest BCUT2D eigenvalue weighted by atomic mass is 9.91. The highest BCUT2D eigenvalue weighted by molar-refractivity contribution is 7.99. The van der Waals surface area contributed by atoms with Gasteiger partial charge in [-0.05, 0) is 50.0 Å². The molecule has 0 aromatic heterocycles. The van der Waals surface area contributed by atoms with Crippen molar-refractivity contribution < 1.29 is 13.6 Å². The molecule has 1 aromatic rings. The van der Waals surface area contributed by atoms with Crippen LogP contribution < -0.4 is 0 Å². The highest BCUT2D eigenvalue weighted by atomic mass is 32.2. The third-order valence-electron chi connectivity index (χ3n) is 4.00. The van der Waals surface area contributed by atoms with Gasteiger partial charge in [0.15, 0.2) is 0 Å². The van der Waals surface area contributed by atoms with Crippen molar-refractivity contribution in [1.82, 2.24) is 4.90 Å². The molecule has 1 aromatic carbocycles. The van der Waals surface area contributed by atoms with Crippen molar-refractivity contribution in [3.63, 3.8) is 0 Å². The molecule has 1 aliphatic rings. The topological polar surface area (TPSA) is 20.3 Å². The Kier molecular flexibility index (Phi) is 6.03. The van der Waals surface area contributed by atoms with Crippen molar-refractivity contribution in [3.8, 4) is 0 Å². The molecule has 116 valence electrons. The van der Waals surface area contributed by atoms with E-state index in [4.69, 9.17) is 0 Å². The third kappa shape index (κ3) is 4.43. The Bertz CT molecular complexity index is 475. The molecule has 0 aliphatic carbocycles. The first-order chi connectivity index (χ1) is 10.1. The minimum absolute atomic E-state index is 0.171. The standard InChI is InChI=1S/C16H21F2NOS/c1-21-11-16(20)19-9-3-4-12(10-19)7-8-13-14(17)5-2-6-15(13)18/h2,5-6,12H,3-4,7-11H2,1H3/t12-/m0/s1. The summed E-state index contributed by atoms with van der Waals surface area (Å²) in [6, 6.07) is 3.98. The maximum absolute atomic E-state index is 13.6. The molecule has 2 nitrogen and oxygen atoms in total. The number of carbonyl (C=O) groups excluding carboxylic acids is 1. The smallest absolute Gasteiger partial charge is 0.232 e. The van der Waals surface area contributed by atoms with Crippen LogP contribution in [0.4, 0.5) is 8.78 Å². The van der Waals surface area contributed by atoms with Gasteiger partial charge in [0.05, 0.1) is 5.75 Å². The van der Waals surface area contributed by atoms with E-state index in [2.05, 4.69) is 0 Å². The quantitative estimate of drug-likeness (QED) is 0.829. The summed E-state index contributed by atoms with van der Waals surface area (Å²) in [5, 5.41) is 0. The summed E-state index contributed by atoms with van der Waals surface area (Å²) in [7, 11) is 0. The number of nitrogens with zero attached hydrogens (tertiary/aromatic N) is 1. The monoisotopic (exact) mass is 313 g/mol. The Labute approximate surface area is 128 Å². The van der Waals surface area contributed by atoms with Gasteiger partial charge in [-0.1, -0.05) is 6.07 Å². The van der Waals surface area contributed by atoms with E-state index >= 15 is 0 Å². The van der Waals surface area contributed by atoms with E-state index in [0.717, 1.165) is 32.4 Å². The van der Waals surface area contributed by atoms with Gasteiger partial charge in [0.2, 0.25) is 5.91 Å². The number of hydrogen-bond donors (Lipinski definition) is 0. The molecular weight excluding hydrogens is 292 g/mol. The second kappa shape index (κ2) is 7.78. The van der Waals surface area contributed by atoms with Gasteiger partial charge >= 0.3 is 0 Å². The van der Waals surface area contributed by atoms with Crippen LogP contribution in [0.5, 0.6) is 0 Å². The molecule has 5 heteroatoms. The maximum Gasteiger partial charge on any atom is 0.232 e. The summed E-state index contributed by atoms with van der Waals surface area (Å²) in [6.07, 6.45) is 5.04. The molecule has 1 amide bonds. The number of piperidine rings is 1. The van der Waals surface area contributed by atoms with Crippen LogP contribution in [0.2, 0.25) is 0 Å². The average molecular weight is 313 g/mol. The molecule has 0 spiro atoms. The first-order valence-corrected chi connectivity index (χ1v) is 8.70. The molecule has 2 rings (SSSR count). The molecule has 1 fully saturated rings. The lowest BCUT2D eigenvalue weighted by molar-refractivity contribution is -0.130. The highest BCUT2D eigenvalue weighted by Crippen LogP contribution is 2.23. The van der Waals surface area contributed by atoms with Gasteiger partial charge in [0.25, 0.3) is 0 Å². The van der Waals surface area contributed by atoms with Gasteiger partial charge < -0.3 is 4.90 Å². The van der Waals surface area contributed by atoms with Crippen molar-refractivity contribution in [2.24, 2.45) is 5.92 Å². The van der Waals surface area contributed by atoms with E-state index in [1.54, 1.807) is 0 Å². The van der Waals surface area contributed by atoms with Crippen molar-refractivity contribution in [3.05, 3.63) is 35.4 Å². The van der Waals surface area contributed by atoms with Crippen LogP contribution in [0, 0.1) is 17.6 Å². The zero-order valence-electron chi connectivity index (χ0n) is 12.3. The first-order valence-electron chi connectivity index (χ1n) is 7.31. The average Bonchev–Trinajstić information content (AvgIpc) is 2.47. The normalized spacial score (nSPS) is 18.8. The number of hydrogen-bond acceptors (Lipinski definition) is 2. The summed E-state index contributed by atoms with van der Waals surface area (Å²) in [4.78, 5) is 13.8. The predicted octanol–water partition coefficient (Wildman–Crippen LogP) is 3.50. The zero-order chi connectivity index (χ0) is 15.2. The van der Waals surface area contributed by atoms with Crippen molar-refractivity contribution in [1.29, 1.82) is 0 Å². The summed E-state index contributed by atoms with van der Waals surface area (Å²) < 4.78 is 27.2. The van der Waals surface area contributed by atoms with Gasteiger partial charge in [-0.25, -0.2) is 8.78 Å². The van der Waals surface area contributed by atoms with Crippen LogP contribution in [0.15, 0.2) is 18.2 Å². The van der Waals surface area contributed by atoms with Crippen LogP contribution in [0.25, 0.3) is 0 Å². The number of amides is 1. The fourth-order valence-corrected chi connectivity index (χ4v) is 3.29. The minimum Gasteiger partial charge on any atom is -0.342 e. The lowest BCUT2D eigenvalue weighted by Gasteiger charge is -2.32. The molecule has 0 saturated carbocycles. The summed E-state index contributed by atoms with van der Waals surface area (Å²) >= 11 is 1.53. The molecule has 1 saturated heterocycles. The Morgan fingerprint density at radius 2 is 2.10 bits per heavy atom. The fraction of sp³-hybridized carbons (Fsp3) is 0.562. The maximum atomic E-state index is 13.6. The number of rotatable bonds is 5. The van der Waals surface area contributed by atoms with E-state index in [9.17, 15) is 13.6 Å². The van der Waals surface area contributed by atoms with Crippen molar-refractivity contribution in [2.75, 3.05) is 25.1 Å². The fourth-order valence-electron chi connectivity index (χ4n) is 2.86. The molecule has 0 unspecified atom stereocenters. The van der Waals surface area contributed by atoms with Crippen LogP contribution in [-0.2, 0) is 11.2 Å². The minimum atomic E-state index is -0.471. The lowest BCUT2D eigenvalue weighted by Crippen LogP contribution is -2.41. The molecule has 1 aliphatic heterocycles. The number of likely N-dealkylation sites (tertiary alicyclic amines) is 1. The number of benzene rings is 1. The Morgan fingerprint density at radius 3 is 2.76 bits per heavy atom. The molecule has 0 N–H and O–H groups in total. The summed E-state index contributed by atoms with van der Waals surface area (Å²) in [6.45, 7) is 1.53. The van der Waals surface area contributed by atoms with Crippen LogP contribution in [0.1, 0.15) is 24.8 Å². The highest BCUT2D eigenvalue weighted by Gasteiger charge is 2.23. The predicted molar refractivity (Wildman–Crippen MR) is 82.4 cm³/mol. The van der Waals surface area contributed by atoms with Crippen LogP contribution in [-0.4, -0.2) is 35.9 Å². The molecular formula is C16H21F2NOS. The molecule has 1 heterocycles. The van der Waals surface area contributed by atoms with Gasteiger partial charge in [-0.15, -0.1) is 0 Å². The molecule has 0 bridgehead atoms. The van der Waals surface area contributed by atoms with Gasteiger partial charge in [0, 0.05) is 18.7 Å². The van der Waals surface area contributed by atoms with Crippen LogP contribution >= 0.6 is 11.8 Å². The number of carbonyl (C=O) groups is 1. The zero-order valence-corrected chi connectivity index (χ0v) is 13.1. The number of halogens is 2. The van der Waals surface area contributed by atoms with Crippen molar-refractivity contribution in [2.45, 2.75) is 25.7 Å². The van der Waals surface area contributed by atoms with E-state index in [0.29, 0.717) is 18.1 Å². The van der Waals surface area contributed by atoms with Crippen LogP contribution in [0.3, 0.4) is 0 Å². The Balaban J connectivity index is 1.90. The summed E-state index contributed by atoms with van der Waals surface area (Å²) in [5.41, 5.74) is 0.171. The molecule has 0 radical (unpaired) electrons. The third-order valence-corrected chi connectivity index (χ3v) is 4.54. The summed E-state index contributed by atoms with van der Waals surface area (Å²) in [5.74, 6) is 0.0735. The van der Waals surface area contributed by atoms with Gasteiger partial charge in [-0.3, -0.25) is 4.79 Å². The van der Waals surface area contributed by atoms with E-state index in [1.807, 2.05) is 11.2 Å². The SMILES string of the molecule is CSCC(=O)N1CCC[C@@H](CCc2c(F)cccc2F)C1. The first kappa shape index (κ1) is 16.3. The van der Waals surface area contributed by atoms with Gasteiger partial charge in [-0.2, -0.15) is 11.8 Å². The largest absolute Gasteiger partial charge is 0.342 e. The molecule has 1 atom stereocenters. The Morgan fingerprint density at radius 1 is 1.38 bits per heavy atom. The van der Waals surface area contributed by atoms with Crippen molar-refractivity contribution >= 4 is 17.7 Å². The Hall–Kier alpha value is -1.10.